The predicted molar refractivity (Wildman–Crippen MR) is 63.6 cm³/mol. The third-order valence-corrected chi connectivity index (χ3v) is 3.37. The Morgan fingerprint density at radius 3 is 2.50 bits per heavy atom. The van der Waals surface area contributed by atoms with Crippen molar-refractivity contribution in [3.63, 3.8) is 0 Å². The summed E-state index contributed by atoms with van der Waals surface area (Å²) in [7, 11) is 1.40. The summed E-state index contributed by atoms with van der Waals surface area (Å²) in [5, 5.41) is 0. The van der Waals surface area contributed by atoms with E-state index in [2.05, 4.69) is 0 Å². The fourth-order valence-corrected chi connectivity index (χ4v) is 2.57. The van der Waals surface area contributed by atoms with E-state index in [1.54, 1.807) is 6.07 Å². The molecule has 0 saturated carbocycles. The second kappa shape index (κ2) is 5.15. The fourth-order valence-electron chi connectivity index (χ4n) is 1.62. The molecular formula is C11H14ClFO2S. The average Bonchev–Trinajstić information content (AvgIpc) is 2.15. The molecule has 1 aromatic rings. The number of benzene rings is 1. The molecule has 0 aliphatic rings. The summed E-state index contributed by atoms with van der Waals surface area (Å²) >= 11 is 0. The lowest BCUT2D eigenvalue weighted by Gasteiger charge is -2.09. The van der Waals surface area contributed by atoms with Crippen LogP contribution in [0.25, 0.3) is 0 Å². The van der Waals surface area contributed by atoms with E-state index in [0.717, 1.165) is 12.0 Å². The van der Waals surface area contributed by atoms with Crippen LogP contribution in [-0.2, 0) is 21.2 Å². The Balaban J connectivity index is 3.18. The van der Waals surface area contributed by atoms with Crippen molar-refractivity contribution in [2.45, 2.75) is 32.4 Å². The molecule has 0 amide bonds. The number of hydrogen-bond acceptors (Lipinski definition) is 2. The molecule has 0 aliphatic carbocycles. The van der Waals surface area contributed by atoms with Gasteiger partial charge < -0.3 is 0 Å². The van der Waals surface area contributed by atoms with Crippen molar-refractivity contribution in [3.8, 4) is 0 Å². The first-order valence-electron chi connectivity index (χ1n) is 5.04. The summed E-state index contributed by atoms with van der Waals surface area (Å²) in [5.41, 5.74) is 1.57. The lowest BCUT2D eigenvalue weighted by atomic mass is 10.0. The first-order chi connectivity index (χ1) is 7.35. The highest BCUT2D eigenvalue weighted by Crippen LogP contribution is 2.21. The molecule has 0 aromatic heterocycles. The highest BCUT2D eigenvalue weighted by atomic mass is 35.7. The van der Waals surface area contributed by atoms with Crippen molar-refractivity contribution >= 4 is 19.7 Å². The van der Waals surface area contributed by atoms with Crippen molar-refractivity contribution in [2.24, 2.45) is 0 Å². The molecule has 0 bridgehead atoms. The molecule has 0 fully saturated rings. The van der Waals surface area contributed by atoms with Crippen molar-refractivity contribution in [2.75, 3.05) is 0 Å². The van der Waals surface area contributed by atoms with Crippen LogP contribution in [0.4, 0.5) is 4.39 Å². The molecule has 0 radical (unpaired) electrons. The molecule has 0 heterocycles. The number of aryl methyl sites for hydroxylation is 1. The maximum Gasteiger partial charge on any atom is 0.236 e. The first-order valence-corrected chi connectivity index (χ1v) is 7.52. The molecule has 5 heteroatoms. The smallest absolute Gasteiger partial charge is 0.212 e. The fraction of sp³-hybridized carbons (Fsp3) is 0.455. The zero-order valence-electron chi connectivity index (χ0n) is 9.26. The van der Waals surface area contributed by atoms with Crippen LogP contribution in [0.2, 0.25) is 0 Å². The molecule has 1 aromatic carbocycles. The van der Waals surface area contributed by atoms with Gasteiger partial charge in [0.2, 0.25) is 9.05 Å². The van der Waals surface area contributed by atoms with Gasteiger partial charge in [-0.15, -0.1) is 0 Å². The van der Waals surface area contributed by atoms with Crippen LogP contribution in [0.15, 0.2) is 12.1 Å². The largest absolute Gasteiger partial charge is 0.236 e. The molecular weight excluding hydrogens is 251 g/mol. The van der Waals surface area contributed by atoms with Crippen LogP contribution in [0, 0.1) is 12.7 Å². The predicted octanol–water partition coefficient (Wildman–Crippen LogP) is 3.16. The molecule has 1 rings (SSSR count). The highest BCUT2D eigenvalue weighted by Gasteiger charge is 2.15. The van der Waals surface area contributed by atoms with E-state index in [1.807, 2.05) is 13.8 Å². The molecule has 2 nitrogen and oxygen atoms in total. The zero-order chi connectivity index (χ0) is 12.3. The molecule has 0 saturated heterocycles. The summed E-state index contributed by atoms with van der Waals surface area (Å²) in [5.74, 6) is -0.900. The van der Waals surface area contributed by atoms with Crippen molar-refractivity contribution in [1.29, 1.82) is 0 Å². The van der Waals surface area contributed by atoms with Crippen LogP contribution < -0.4 is 0 Å². The SMILES string of the molecule is CCCc1c(C)ccc(CS(=O)(=O)Cl)c1F. The van der Waals surface area contributed by atoms with E-state index in [0.29, 0.717) is 12.0 Å². The van der Waals surface area contributed by atoms with E-state index in [1.165, 1.54) is 6.07 Å². The number of halogens is 2. The van der Waals surface area contributed by atoms with Crippen molar-refractivity contribution in [1.82, 2.24) is 0 Å². The van der Waals surface area contributed by atoms with Crippen LogP contribution in [0.5, 0.6) is 0 Å². The molecule has 0 aliphatic heterocycles. The Hall–Kier alpha value is -0.610. The minimum absolute atomic E-state index is 0.143. The summed E-state index contributed by atoms with van der Waals surface area (Å²) in [6.45, 7) is 3.76. The minimum atomic E-state index is -3.71. The third-order valence-electron chi connectivity index (χ3n) is 2.39. The van der Waals surface area contributed by atoms with E-state index in [-0.39, 0.29) is 5.56 Å². The summed E-state index contributed by atoms with van der Waals surface area (Å²) < 4.78 is 35.7. The monoisotopic (exact) mass is 264 g/mol. The Kier molecular flexibility index (Phi) is 4.33. The van der Waals surface area contributed by atoms with Crippen molar-refractivity contribution in [3.05, 3.63) is 34.6 Å². The van der Waals surface area contributed by atoms with E-state index in [9.17, 15) is 12.8 Å². The van der Waals surface area contributed by atoms with Gasteiger partial charge >= 0.3 is 0 Å². The lowest BCUT2D eigenvalue weighted by Crippen LogP contribution is -2.03. The van der Waals surface area contributed by atoms with Gasteiger partial charge in [-0.1, -0.05) is 25.5 Å². The van der Waals surface area contributed by atoms with Crippen LogP contribution in [0.3, 0.4) is 0 Å². The van der Waals surface area contributed by atoms with E-state index >= 15 is 0 Å². The van der Waals surface area contributed by atoms with Gasteiger partial charge in [0.25, 0.3) is 0 Å². The standard InChI is InChI=1S/C11H14ClFO2S/c1-3-4-10-8(2)5-6-9(11(10)13)7-16(12,14)15/h5-6H,3-4,7H2,1-2H3. The quantitative estimate of drug-likeness (QED) is 0.783. The van der Waals surface area contributed by atoms with Gasteiger partial charge in [0.15, 0.2) is 0 Å². The molecule has 90 valence electrons. The van der Waals surface area contributed by atoms with Crippen molar-refractivity contribution < 1.29 is 12.8 Å². The van der Waals surface area contributed by atoms with Crippen LogP contribution in [-0.4, -0.2) is 8.42 Å². The second-order valence-electron chi connectivity index (χ2n) is 3.77. The highest BCUT2D eigenvalue weighted by molar-refractivity contribution is 8.13. The van der Waals surface area contributed by atoms with Gasteiger partial charge in [-0.05, 0) is 24.5 Å². The van der Waals surface area contributed by atoms with Gasteiger partial charge in [-0.3, -0.25) is 0 Å². The second-order valence-corrected chi connectivity index (χ2v) is 6.54. The third kappa shape index (κ3) is 3.46. The Labute approximate surface area is 99.9 Å². The van der Waals surface area contributed by atoms with Gasteiger partial charge in [0.05, 0.1) is 5.75 Å². The maximum absolute atomic E-state index is 13.9. The normalized spacial score (nSPS) is 11.8. The first kappa shape index (κ1) is 13.5. The summed E-state index contributed by atoms with van der Waals surface area (Å²) in [6.07, 6.45) is 1.42. The zero-order valence-corrected chi connectivity index (χ0v) is 10.8. The van der Waals surface area contributed by atoms with Gasteiger partial charge in [-0.2, -0.15) is 0 Å². The maximum atomic E-state index is 13.9. The molecule has 0 unspecified atom stereocenters. The van der Waals surface area contributed by atoms with E-state index in [4.69, 9.17) is 10.7 Å². The molecule has 0 spiro atoms. The lowest BCUT2D eigenvalue weighted by molar-refractivity contribution is 0.586. The molecule has 0 atom stereocenters. The summed E-state index contributed by atoms with van der Waals surface area (Å²) in [6, 6.07) is 3.20. The Bertz CT molecular complexity index is 483. The summed E-state index contributed by atoms with van der Waals surface area (Å²) in [4.78, 5) is 0. The number of rotatable bonds is 4. The topological polar surface area (TPSA) is 34.1 Å². The van der Waals surface area contributed by atoms with Gasteiger partial charge in [0.1, 0.15) is 5.82 Å². The minimum Gasteiger partial charge on any atom is -0.212 e. The Morgan fingerprint density at radius 2 is 2.00 bits per heavy atom. The number of hydrogen-bond donors (Lipinski definition) is 0. The van der Waals surface area contributed by atoms with Crippen LogP contribution >= 0.6 is 10.7 Å². The average molecular weight is 265 g/mol. The van der Waals surface area contributed by atoms with E-state index < -0.39 is 20.6 Å². The molecule has 16 heavy (non-hydrogen) atoms. The van der Waals surface area contributed by atoms with Crippen LogP contribution in [0.1, 0.15) is 30.0 Å². The molecule has 0 N–H and O–H groups in total. The Morgan fingerprint density at radius 1 is 1.38 bits per heavy atom. The van der Waals surface area contributed by atoms with Gasteiger partial charge in [0, 0.05) is 16.2 Å². The van der Waals surface area contributed by atoms with Gasteiger partial charge in [-0.25, -0.2) is 12.8 Å².